The quantitative estimate of drug-likeness (QED) is 0.907. The van der Waals surface area contributed by atoms with E-state index in [9.17, 15) is 8.42 Å². The third kappa shape index (κ3) is 2.94. The van der Waals surface area contributed by atoms with Crippen molar-refractivity contribution >= 4 is 10.0 Å². The van der Waals surface area contributed by atoms with Crippen molar-refractivity contribution in [2.24, 2.45) is 11.7 Å². The third-order valence-corrected chi connectivity index (χ3v) is 7.06. The molecule has 2 aromatic rings. The van der Waals surface area contributed by atoms with E-state index in [-0.39, 0.29) is 11.8 Å². The van der Waals surface area contributed by atoms with E-state index >= 15 is 0 Å². The standard InChI is InChI=1S/C19H22N2O3S/c20-11-16-12-21(13-18(16)14-4-2-1-3-5-14)25(22,23)17-6-7-19-15(10-17)8-9-24-19/h1-7,10,16,18H,8-9,11-13,20H2/t16-,18+/m1/s1. The van der Waals surface area contributed by atoms with E-state index in [1.165, 1.54) is 0 Å². The Bertz CT molecular complexity index is 867. The molecule has 2 aliphatic heterocycles. The van der Waals surface area contributed by atoms with Crippen LogP contribution < -0.4 is 10.5 Å². The Morgan fingerprint density at radius 3 is 2.68 bits per heavy atom. The molecule has 0 amide bonds. The van der Waals surface area contributed by atoms with Crippen molar-refractivity contribution in [3.63, 3.8) is 0 Å². The lowest BCUT2D eigenvalue weighted by molar-refractivity contribution is 0.356. The van der Waals surface area contributed by atoms with Crippen LogP contribution in [0.1, 0.15) is 17.0 Å². The number of fused-ring (bicyclic) bond motifs is 1. The molecule has 132 valence electrons. The van der Waals surface area contributed by atoms with E-state index in [1.54, 1.807) is 22.5 Å². The highest BCUT2D eigenvalue weighted by Crippen LogP contribution is 2.36. The molecule has 0 spiro atoms. The fourth-order valence-electron chi connectivity index (χ4n) is 3.82. The Labute approximate surface area is 148 Å². The molecule has 2 N–H and O–H groups in total. The minimum absolute atomic E-state index is 0.134. The summed E-state index contributed by atoms with van der Waals surface area (Å²) in [6, 6.07) is 15.2. The Hall–Kier alpha value is -1.89. The highest BCUT2D eigenvalue weighted by molar-refractivity contribution is 7.89. The van der Waals surface area contributed by atoms with Crippen molar-refractivity contribution in [2.75, 3.05) is 26.2 Å². The van der Waals surface area contributed by atoms with Gasteiger partial charge < -0.3 is 10.5 Å². The number of ether oxygens (including phenoxy) is 1. The van der Waals surface area contributed by atoms with Gasteiger partial charge in [-0.3, -0.25) is 0 Å². The molecule has 1 saturated heterocycles. The Kier molecular flexibility index (Phi) is 4.27. The van der Waals surface area contributed by atoms with Crippen LogP contribution in [-0.2, 0) is 16.4 Å². The molecule has 0 aliphatic carbocycles. The number of rotatable bonds is 4. The maximum absolute atomic E-state index is 13.1. The second-order valence-electron chi connectivity index (χ2n) is 6.70. The summed E-state index contributed by atoms with van der Waals surface area (Å²) in [6.45, 7) is 2.03. The highest BCUT2D eigenvalue weighted by atomic mass is 32.2. The molecular formula is C19H22N2O3S. The van der Waals surface area contributed by atoms with Crippen LogP contribution in [0.3, 0.4) is 0 Å². The van der Waals surface area contributed by atoms with Gasteiger partial charge in [-0.05, 0) is 41.8 Å². The van der Waals surface area contributed by atoms with Gasteiger partial charge in [0.1, 0.15) is 5.75 Å². The highest BCUT2D eigenvalue weighted by Gasteiger charge is 2.39. The lowest BCUT2D eigenvalue weighted by Crippen LogP contribution is -2.30. The SMILES string of the molecule is NC[C@@H]1CN(S(=O)(=O)c2ccc3c(c2)CCO3)C[C@H]1c1ccccc1. The smallest absolute Gasteiger partial charge is 0.243 e. The molecule has 0 aromatic heterocycles. The first-order valence-corrected chi connectivity index (χ1v) is 10.0. The van der Waals surface area contributed by atoms with Gasteiger partial charge in [-0.1, -0.05) is 30.3 Å². The van der Waals surface area contributed by atoms with E-state index in [1.807, 2.05) is 18.2 Å². The molecule has 2 heterocycles. The van der Waals surface area contributed by atoms with Crippen molar-refractivity contribution in [3.05, 3.63) is 59.7 Å². The maximum atomic E-state index is 13.1. The molecule has 5 nitrogen and oxygen atoms in total. The molecule has 2 atom stereocenters. The van der Waals surface area contributed by atoms with Gasteiger partial charge in [-0.15, -0.1) is 0 Å². The van der Waals surface area contributed by atoms with Gasteiger partial charge in [0.25, 0.3) is 0 Å². The minimum atomic E-state index is -3.52. The Morgan fingerprint density at radius 1 is 1.12 bits per heavy atom. The van der Waals surface area contributed by atoms with Crippen molar-refractivity contribution < 1.29 is 13.2 Å². The molecule has 0 bridgehead atoms. The van der Waals surface area contributed by atoms with Crippen LogP contribution in [0.25, 0.3) is 0 Å². The van der Waals surface area contributed by atoms with E-state index in [0.29, 0.717) is 31.1 Å². The average Bonchev–Trinajstić information content (AvgIpc) is 3.28. The second-order valence-corrected chi connectivity index (χ2v) is 8.64. The van der Waals surface area contributed by atoms with Gasteiger partial charge in [-0.25, -0.2) is 8.42 Å². The predicted molar refractivity (Wildman–Crippen MR) is 96.1 cm³/mol. The Morgan fingerprint density at radius 2 is 1.92 bits per heavy atom. The summed E-state index contributed by atoms with van der Waals surface area (Å²) in [5, 5.41) is 0. The van der Waals surface area contributed by atoms with E-state index in [0.717, 1.165) is 23.3 Å². The van der Waals surface area contributed by atoms with Gasteiger partial charge in [0.2, 0.25) is 10.0 Å². The number of nitrogens with two attached hydrogens (primary N) is 1. The van der Waals surface area contributed by atoms with Crippen molar-refractivity contribution in [1.29, 1.82) is 0 Å². The second kappa shape index (κ2) is 6.44. The third-order valence-electron chi connectivity index (χ3n) is 5.24. The van der Waals surface area contributed by atoms with E-state index in [4.69, 9.17) is 10.5 Å². The molecule has 0 saturated carbocycles. The number of sulfonamides is 1. The Balaban J connectivity index is 1.63. The summed E-state index contributed by atoms with van der Waals surface area (Å²) in [5.41, 5.74) is 8.06. The van der Waals surface area contributed by atoms with Gasteiger partial charge in [0.05, 0.1) is 11.5 Å². The van der Waals surface area contributed by atoms with Crippen LogP contribution in [0.15, 0.2) is 53.4 Å². The monoisotopic (exact) mass is 358 g/mol. The number of benzene rings is 2. The summed E-state index contributed by atoms with van der Waals surface area (Å²) >= 11 is 0. The first-order chi connectivity index (χ1) is 12.1. The fraction of sp³-hybridized carbons (Fsp3) is 0.368. The normalized spacial score (nSPS) is 23.4. The average molecular weight is 358 g/mol. The maximum Gasteiger partial charge on any atom is 0.243 e. The first-order valence-electron chi connectivity index (χ1n) is 8.60. The van der Waals surface area contributed by atoms with Crippen LogP contribution >= 0.6 is 0 Å². The number of hydrogen-bond donors (Lipinski definition) is 1. The molecule has 2 aromatic carbocycles. The summed E-state index contributed by atoms with van der Waals surface area (Å²) in [6.07, 6.45) is 0.761. The largest absolute Gasteiger partial charge is 0.493 e. The van der Waals surface area contributed by atoms with Crippen LogP contribution in [0.5, 0.6) is 5.75 Å². The van der Waals surface area contributed by atoms with Crippen molar-refractivity contribution in [3.8, 4) is 5.75 Å². The van der Waals surface area contributed by atoms with Gasteiger partial charge in [0.15, 0.2) is 0 Å². The summed E-state index contributed by atoms with van der Waals surface area (Å²) < 4.78 is 33.3. The van der Waals surface area contributed by atoms with E-state index in [2.05, 4.69) is 12.1 Å². The number of nitrogens with zero attached hydrogens (tertiary/aromatic N) is 1. The number of hydrogen-bond acceptors (Lipinski definition) is 4. The van der Waals surface area contributed by atoms with Crippen molar-refractivity contribution in [2.45, 2.75) is 17.2 Å². The zero-order valence-electron chi connectivity index (χ0n) is 14.0. The summed E-state index contributed by atoms with van der Waals surface area (Å²) in [5.74, 6) is 1.07. The molecule has 0 unspecified atom stereocenters. The topological polar surface area (TPSA) is 72.6 Å². The zero-order valence-corrected chi connectivity index (χ0v) is 14.8. The van der Waals surface area contributed by atoms with Gasteiger partial charge >= 0.3 is 0 Å². The van der Waals surface area contributed by atoms with Gasteiger partial charge in [0, 0.05) is 25.4 Å². The first kappa shape index (κ1) is 16.6. The lowest BCUT2D eigenvalue weighted by atomic mass is 9.89. The lowest BCUT2D eigenvalue weighted by Gasteiger charge is -2.17. The molecular weight excluding hydrogens is 336 g/mol. The molecule has 4 rings (SSSR count). The molecule has 6 heteroatoms. The predicted octanol–water partition coefficient (Wildman–Crippen LogP) is 1.98. The molecule has 25 heavy (non-hydrogen) atoms. The molecule has 0 radical (unpaired) electrons. The van der Waals surface area contributed by atoms with Crippen LogP contribution in [0, 0.1) is 5.92 Å². The van der Waals surface area contributed by atoms with Crippen molar-refractivity contribution in [1.82, 2.24) is 4.31 Å². The summed E-state index contributed by atoms with van der Waals surface area (Å²) in [7, 11) is -3.52. The van der Waals surface area contributed by atoms with E-state index < -0.39 is 10.0 Å². The zero-order chi connectivity index (χ0) is 17.4. The minimum Gasteiger partial charge on any atom is -0.493 e. The van der Waals surface area contributed by atoms with Gasteiger partial charge in [-0.2, -0.15) is 4.31 Å². The molecule has 2 aliphatic rings. The van der Waals surface area contributed by atoms with Crippen LogP contribution in [0.2, 0.25) is 0 Å². The molecule has 1 fully saturated rings. The summed E-state index contributed by atoms with van der Waals surface area (Å²) in [4.78, 5) is 0.348. The fourth-order valence-corrected chi connectivity index (χ4v) is 5.39. The van der Waals surface area contributed by atoms with Crippen LogP contribution in [0.4, 0.5) is 0 Å². The van der Waals surface area contributed by atoms with Crippen LogP contribution in [-0.4, -0.2) is 39.0 Å².